The first-order valence-corrected chi connectivity index (χ1v) is 19.8. The van der Waals surface area contributed by atoms with Crippen LogP contribution >= 0.6 is 0 Å². The zero-order valence-electron chi connectivity index (χ0n) is 31.7. The molecule has 3 heterocycles. The summed E-state index contributed by atoms with van der Waals surface area (Å²) in [5.74, 6) is 1.86. The van der Waals surface area contributed by atoms with Gasteiger partial charge in [0.2, 0.25) is 0 Å². The number of hydrogen-bond donors (Lipinski definition) is 0. The predicted octanol–water partition coefficient (Wildman–Crippen LogP) is 14.1. The van der Waals surface area contributed by atoms with Gasteiger partial charge in [0.15, 0.2) is 17.5 Å². The number of pyridine rings is 1. The minimum atomic E-state index is 0.616. The average Bonchev–Trinajstić information content (AvgIpc) is 3.70. The Morgan fingerprint density at radius 2 is 0.915 bits per heavy atom. The van der Waals surface area contributed by atoms with Crippen molar-refractivity contribution in [2.24, 2.45) is 0 Å². The van der Waals surface area contributed by atoms with Crippen molar-refractivity contribution in [2.75, 3.05) is 0 Å². The van der Waals surface area contributed by atoms with Crippen LogP contribution in [0, 0.1) is 0 Å². The third kappa shape index (κ3) is 5.40. The molecule has 0 fully saturated rings. The molecule has 0 atom stereocenters. The molecule has 0 aliphatic heterocycles. The molecule has 0 amide bonds. The number of benzene rings is 9. The second kappa shape index (κ2) is 13.3. The molecule has 0 spiro atoms. The van der Waals surface area contributed by atoms with E-state index < -0.39 is 0 Å². The van der Waals surface area contributed by atoms with Gasteiger partial charge in [0.05, 0.1) is 5.52 Å². The first-order chi connectivity index (χ1) is 29.2. The van der Waals surface area contributed by atoms with Crippen LogP contribution in [-0.4, -0.2) is 19.9 Å². The number of nitrogens with zero attached hydrogens (tertiary/aromatic N) is 4. The number of para-hydroxylation sites is 1. The molecular weight excluding hydrogens is 721 g/mol. The van der Waals surface area contributed by atoms with Gasteiger partial charge in [0, 0.05) is 39.0 Å². The summed E-state index contributed by atoms with van der Waals surface area (Å²) in [5, 5.41) is 10.4. The maximum absolute atomic E-state index is 6.28. The van der Waals surface area contributed by atoms with E-state index in [0.717, 1.165) is 77.0 Å². The van der Waals surface area contributed by atoms with E-state index in [9.17, 15) is 0 Å². The average molecular weight is 753 g/mol. The summed E-state index contributed by atoms with van der Waals surface area (Å²) in [6, 6.07) is 65.6. The minimum Gasteiger partial charge on any atom is -0.456 e. The van der Waals surface area contributed by atoms with E-state index in [1.807, 2.05) is 60.8 Å². The van der Waals surface area contributed by atoms with Gasteiger partial charge < -0.3 is 4.42 Å². The van der Waals surface area contributed by atoms with Crippen molar-refractivity contribution in [2.45, 2.75) is 0 Å². The van der Waals surface area contributed by atoms with Gasteiger partial charge in [-0.25, -0.2) is 15.0 Å². The SMILES string of the molecule is c1ccc(-c2nc(-c3ccc(-c4cc5ccc6ncccc6c5c5ccccc45)cc3)nc(-c3ccc(-c4cccc5oc6ccccc6c45)c4ccccc34)n2)cc1. The normalized spacial score (nSPS) is 11.7. The third-order valence-electron chi connectivity index (χ3n) is 11.6. The zero-order valence-corrected chi connectivity index (χ0v) is 31.7. The van der Waals surface area contributed by atoms with Crippen LogP contribution in [0.3, 0.4) is 0 Å². The van der Waals surface area contributed by atoms with E-state index >= 15 is 0 Å². The number of rotatable bonds is 5. The van der Waals surface area contributed by atoms with Crippen LogP contribution in [-0.2, 0) is 0 Å². The van der Waals surface area contributed by atoms with Gasteiger partial charge in [-0.2, -0.15) is 0 Å². The van der Waals surface area contributed by atoms with Crippen LogP contribution in [0.25, 0.3) is 122 Å². The van der Waals surface area contributed by atoms with Crippen molar-refractivity contribution >= 4 is 65.2 Å². The summed E-state index contributed by atoms with van der Waals surface area (Å²) >= 11 is 0. The quantitative estimate of drug-likeness (QED) is 0.164. The lowest BCUT2D eigenvalue weighted by Gasteiger charge is -2.14. The van der Waals surface area contributed by atoms with Gasteiger partial charge in [-0.1, -0.05) is 152 Å². The maximum Gasteiger partial charge on any atom is 0.164 e. The molecule has 12 aromatic rings. The summed E-state index contributed by atoms with van der Waals surface area (Å²) in [7, 11) is 0. The van der Waals surface area contributed by atoms with Crippen molar-refractivity contribution < 1.29 is 4.42 Å². The Balaban J connectivity index is 1.00. The Morgan fingerprint density at radius 1 is 0.322 bits per heavy atom. The van der Waals surface area contributed by atoms with Crippen molar-refractivity contribution in [1.82, 2.24) is 19.9 Å². The molecule has 5 nitrogen and oxygen atoms in total. The minimum absolute atomic E-state index is 0.616. The summed E-state index contributed by atoms with van der Waals surface area (Å²) < 4.78 is 6.28. The second-order valence-corrected chi connectivity index (χ2v) is 14.9. The molecular formula is C54H32N4O. The summed E-state index contributed by atoms with van der Waals surface area (Å²) in [6.45, 7) is 0. The summed E-state index contributed by atoms with van der Waals surface area (Å²) in [6.07, 6.45) is 1.86. The largest absolute Gasteiger partial charge is 0.456 e. The number of furan rings is 1. The smallest absolute Gasteiger partial charge is 0.164 e. The Bertz CT molecular complexity index is 3610. The van der Waals surface area contributed by atoms with Crippen LogP contribution < -0.4 is 0 Å². The molecule has 0 aliphatic carbocycles. The van der Waals surface area contributed by atoms with E-state index in [1.165, 1.54) is 27.1 Å². The summed E-state index contributed by atoms with van der Waals surface area (Å²) in [4.78, 5) is 20.1. The van der Waals surface area contributed by atoms with E-state index in [-0.39, 0.29) is 0 Å². The van der Waals surface area contributed by atoms with Crippen LogP contribution in [0.15, 0.2) is 199 Å². The molecule has 5 heteroatoms. The highest BCUT2D eigenvalue weighted by Crippen LogP contribution is 2.42. The van der Waals surface area contributed by atoms with Crippen molar-refractivity contribution in [3.8, 4) is 56.4 Å². The molecule has 0 saturated heterocycles. The van der Waals surface area contributed by atoms with Crippen LogP contribution in [0.4, 0.5) is 0 Å². The highest BCUT2D eigenvalue weighted by atomic mass is 16.3. The van der Waals surface area contributed by atoms with Gasteiger partial charge in [0.25, 0.3) is 0 Å². The standard InChI is InChI=1S/C54H32N4O/c1-2-12-34(13-3-1)52-56-53(35-25-23-33(24-26-35)46-32-36-27-30-47-44(20-11-31-55-47)50(36)41-17-7-6-16-39(41)46)58-54(57-52)43-29-28-40(37-14-4-5-15-38(37)43)42-19-10-22-49-51(42)45-18-8-9-21-48(45)59-49/h1-32H. The monoisotopic (exact) mass is 752 g/mol. The molecule has 9 aromatic carbocycles. The van der Waals surface area contributed by atoms with E-state index in [4.69, 9.17) is 19.4 Å². The van der Waals surface area contributed by atoms with Crippen LogP contribution in [0.2, 0.25) is 0 Å². The van der Waals surface area contributed by atoms with E-state index in [1.54, 1.807) is 0 Å². The van der Waals surface area contributed by atoms with Gasteiger partial charge >= 0.3 is 0 Å². The second-order valence-electron chi connectivity index (χ2n) is 14.9. The summed E-state index contributed by atoms with van der Waals surface area (Å²) in [5.41, 5.74) is 10.1. The lowest BCUT2D eigenvalue weighted by molar-refractivity contribution is 0.669. The highest BCUT2D eigenvalue weighted by Gasteiger charge is 2.19. The predicted molar refractivity (Wildman–Crippen MR) is 242 cm³/mol. The van der Waals surface area contributed by atoms with Gasteiger partial charge in [-0.15, -0.1) is 0 Å². The highest BCUT2D eigenvalue weighted by molar-refractivity contribution is 6.23. The topological polar surface area (TPSA) is 64.7 Å². The van der Waals surface area contributed by atoms with Gasteiger partial charge in [-0.3, -0.25) is 4.98 Å². The maximum atomic E-state index is 6.28. The molecule has 12 rings (SSSR count). The Kier molecular flexibility index (Phi) is 7.47. The molecule has 0 bridgehead atoms. The third-order valence-corrected chi connectivity index (χ3v) is 11.6. The van der Waals surface area contributed by atoms with E-state index in [0.29, 0.717) is 17.5 Å². The molecule has 0 unspecified atom stereocenters. The lowest BCUT2D eigenvalue weighted by Crippen LogP contribution is -2.01. The Hall–Kier alpha value is -8.02. The molecule has 3 aromatic heterocycles. The Morgan fingerprint density at radius 3 is 1.71 bits per heavy atom. The van der Waals surface area contributed by atoms with Gasteiger partial charge in [0.1, 0.15) is 11.2 Å². The molecule has 0 radical (unpaired) electrons. The van der Waals surface area contributed by atoms with E-state index in [2.05, 4.69) is 138 Å². The fourth-order valence-electron chi connectivity index (χ4n) is 8.87. The zero-order chi connectivity index (χ0) is 38.9. The molecule has 59 heavy (non-hydrogen) atoms. The molecule has 0 aliphatic rings. The van der Waals surface area contributed by atoms with Crippen LogP contribution in [0.5, 0.6) is 0 Å². The Labute approximate surface area is 338 Å². The van der Waals surface area contributed by atoms with Gasteiger partial charge in [-0.05, 0) is 91.0 Å². The lowest BCUT2D eigenvalue weighted by atomic mass is 9.91. The van der Waals surface area contributed by atoms with Crippen LogP contribution in [0.1, 0.15) is 0 Å². The van der Waals surface area contributed by atoms with Crippen molar-refractivity contribution in [3.63, 3.8) is 0 Å². The van der Waals surface area contributed by atoms with Crippen molar-refractivity contribution in [3.05, 3.63) is 194 Å². The molecule has 274 valence electrons. The number of aromatic nitrogens is 4. The first-order valence-electron chi connectivity index (χ1n) is 19.8. The fourth-order valence-corrected chi connectivity index (χ4v) is 8.87. The molecule has 0 N–H and O–H groups in total. The first kappa shape index (κ1) is 33.2. The molecule has 0 saturated carbocycles. The number of hydrogen-bond acceptors (Lipinski definition) is 5. The fraction of sp³-hybridized carbons (Fsp3) is 0. The number of fused-ring (bicyclic) bond motifs is 9. The van der Waals surface area contributed by atoms with Crippen molar-refractivity contribution in [1.29, 1.82) is 0 Å².